The molecule has 9 nitrogen and oxygen atoms in total. The van der Waals surface area contributed by atoms with Gasteiger partial charge in [0.2, 0.25) is 0 Å². The molecule has 0 saturated carbocycles. The fourth-order valence-electron chi connectivity index (χ4n) is 5.69. The molecule has 3 N–H and O–H groups in total. The van der Waals surface area contributed by atoms with Crippen LogP contribution in [0.3, 0.4) is 0 Å². The second-order valence-corrected chi connectivity index (χ2v) is 11.4. The van der Waals surface area contributed by atoms with Crippen molar-refractivity contribution in [1.29, 1.82) is 0 Å². The number of aliphatic hydroxyl groups is 2. The number of aliphatic carboxylic acids is 1. The van der Waals surface area contributed by atoms with Crippen molar-refractivity contribution in [1.82, 2.24) is 9.88 Å². The molecule has 0 aliphatic heterocycles. The molecule has 3 aromatic carbocycles. The van der Waals surface area contributed by atoms with E-state index >= 15 is 0 Å². The number of hydrogen-bond donors (Lipinski definition) is 3. The summed E-state index contributed by atoms with van der Waals surface area (Å²) in [6.07, 6.45) is -2.64. The van der Waals surface area contributed by atoms with Crippen molar-refractivity contribution in [3.8, 4) is 22.3 Å². The van der Waals surface area contributed by atoms with Crippen LogP contribution in [0.2, 0.25) is 0 Å². The van der Waals surface area contributed by atoms with Crippen molar-refractivity contribution in [2.45, 2.75) is 64.3 Å². The molecule has 1 aromatic heterocycles. The number of nitrogens with zero attached hydrogens (tertiary/aromatic N) is 1. The summed E-state index contributed by atoms with van der Waals surface area (Å²) >= 11 is 0. The van der Waals surface area contributed by atoms with Gasteiger partial charge in [-0.3, -0.25) is 4.79 Å². The van der Waals surface area contributed by atoms with E-state index in [-0.39, 0.29) is 67.3 Å². The second kappa shape index (κ2) is 17.4. The van der Waals surface area contributed by atoms with Gasteiger partial charge in [-0.1, -0.05) is 54.6 Å². The van der Waals surface area contributed by atoms with Gasteiger partial charge in [0.1, 0.15) is 11.5 Å². The van der Waals surface area contributed by atoms with Crippen molar-refractivity contribution in [2.75, 3.05) is 7.11 Å². The second-order valence-electron chi connectivity index (χ2n) is 11.4. The van der Waals surface area contributed by atoms with E-state index in [1.165, 1.54) is 19.2 Å². The van der Waals surface area contributed by atoms with E-state index in [9.17, 15) is 34.1 Å². The molecule has 0 spiro atoms. The normalized spacial score (nSPS) is 12.2. The van der Waals surface area contributed by atoms with Crippen molar-refractivity contribution in [3.05, 3.63) is 107 Å². The van der Waals surface area contributed by atoms with Crippen molar-refractivity contribution < 1.29 is 68.4 Å². The van der Waals surface area contributed by atoms with Gasteiger partial charge in [-0.2, -0.15) is 0 Å². The Morgan fingerprint density at radius 3 is 2.19 bits per heavy atom. The topological polar surface area (TPSA) is 141 Å². The van der Waals surface area contributed by atoms with Gasteiger partial charge in [0, 0.05) is 41.8 Å². The van der Waals surface area contributed by atoms with Gasteiger partial charge in [0.05, 0.1) is 24.9 Å². The minimum atomic E-state index is -1.41. The van der Waals surface area contributed by atoms with Crippen molar-refractivity contribution >= 4 is 17.8 Å². The third-order valence-corrected chi connectivity index (χ3v) is 7.70. The molecule has 2 atom stereocenters. The zero-order chi connectivity index (χ0) is 33.4. The monoisotopic (exact) mass is 652 g/mol. The Morgan fingerprint density at radius 2 is 1.57 bits per heavy atom. The summed E-state index contributed by atoms with van der Waals surface area (Å²) in [5.41, 5.74) is 4.87. The van der Waals surface area contributed by atoms with E-state index in [0.29, 0.717) is 39.2 Å². The summed E-state index contributed by atoms with van der Waals surface area (Å²) in [4.78, 5) is 37.2. The molecule has 11 heteroatoms. The molecule has 4 rings (SSSR count). The number of aromatic nitrogens is 1. The summed E-state index contributed by atoms with van der Waals surface area (Å²) in [6, 6.07) is 21.9. The Morgan fingerprint density at radius 1 is 0.915 bits per heavy atom. The van der Waals surface area contributed by atoms with Crippen LogP contribution in [0.1, 0.15) is 71.3 Å². The van der Waals surface area contributed by atoms with E-state index in [1.807, 2.05) is 48.7 Å². The molecular weight excluding hydrogens is 614 g/mol. The Kier molecular flexibility index (Phi) is 13.9. The number of carboxylic acids is 1. The van der Waals surface area contributed by atoms with Crippen LogP contribution in [0.15, 0.2) is 78.9 Å². The Hall–Kier alpha value is -3.80. The Balaban J connectivity index is 0.00000600. The van der Waals surface area contributed by atoms with Gasteiger partial charge in [0.25, 0.3) is 5.91 Å². The molecule has 242 valence electrons. The number of ether oxygens (including phenoxy) is 1. The first-order valence-corrected chi connectivity index (χ1v) is 15.1. The number of methoxy groups -OCH3 is 1. The standard InChI is InChI=1S/C36H39FN2O7.Na/c1-22(2)39-30(17-16-28(40)19-29(41)20-31(42)43)32(25-12-14-27(37)15-13-25)33(24-9-5-4-6-10-24)34(39)35(44)38-21-23-8-7-11-26(18-23)36(45)46-3;/h4-15,18,22,28-29,40-41H,16-17,19-21H2,1-3H3,(H,38,44)(H,42,43);/q;+1/p-1/t28-,29-;/m1./s1. The van der Waals surface area contributed by atoms with E-state index < -0.39 is 36.4 Å². The number of rotatable bonds is 14. The number of amides is 1. The van der Waals surface area contributed by atoms with Crippen LogP contribution < -0.4 is 40.0 Å². The van der Waals surface area contributed by atoms with E-state index in [4.69, 9.17) is 4.74 Å². The zero-order valence-corrected chi connectivity index (χ0v) is 29.0. The van der Waals surface area contributed by atoms with Crippen LogP contribution in [-0.2, 0) is 22.5 Å². The third-order valence-electron chi connectivity index (χ3n) is 7.70. The number of carbonyl (C=O) groups excluding carboxylic acids is 3. The van der Waals surface area contributed by atoms with E-state index in [1.54, 1.807) is 36.4 Å². The number of carboxylic acid groups (broad SMARTS) is 1. The van der Waals surface area contributed by atoms with Gasteiger partial charge in [0.15, 0.2) is 0 Å². The van der Waals surface area contributed by atoms with Crippen LogP contribution in [0.4, 0.5) is 4.39 Å². The van der Waals surface area contributed by atoms with Gasteiger partial charge in [-0.05, 0) is 74.1 Å². The molecule has 0 aliphatic carbocycles. The quantitative estimate of drug-likeness (QED) is 0.138. The molecule has 47 heavy (non-hydrogen) atoms. The average molecular weight is 653 g/mol. The van der Waals surface area contributed by atoms with E-state index in [2.05, 4.69) is 5.32 Å². The third kappa shape index (κ3) is 9.62. The molecule has 0 radical (unpaired) electrons. The number of halogens is 1. The smallest absolute Gasteiger partial charge is 0.550 e. The summed E-state index contributed by atoms with van der Waals surface area (Å²) in [5, 5.41) is 34.8. The SMILES string of the molecule is COC(=O)c1cccc(CNC(=O)c2c(-c3ccccc3)c(-c3ccc(F)cc3)c(CC[C@@H](O)C[C@@H](O)CC(=O)[O-])n2C(C)C)c1.[Na+]. The predicted octanol–water partition coefficient (Wildman–Crippen LogP) is 1.45. The molecule has 1 amide bonds. The molecular formula is C36H38FN2NaO7. The molecule has 0 saturated heterocycles. The maximum Gasteiger partial charge on any atom is 1.00 e. The molecule has 0 fully saturated rings. The van der Waals surface area contributed by atoms with Crippen LogP contribution in [0.25, 0.3) is 22.3 Å². The van der Waals surface area contributed by atoms with Crippen LogP contribution in [0.5, 0.6) is 0 Å². The Labute approximate surface area is 295 Å². The van der Waals surface area contributed by atoms with Gasteiger partial charge in [-0.25, -0.2) is 9.18 Å². The molecule has 0 aliphatic rings. The Bertz CT molecular complexity index is 1670. The summed E-state index contributed by atoms with van der Waals surface area (Å²) in [5.74, 6) is -2.70. The fraction of sp³-hybridized carbons (Fsp3) is 0.306. The molecule has 0 bridgehead atoms. The summed E-state index contributed by atoms with van der Waals surface area (Å²) < 4.78 is 20.8. The number of carbonyl (C=O) groups is 3. The predicted molar refractivity (Wildman–Crippen MR) is 169 cm³/mol. The fourth-order valence-corrected chi connectivity index (χ4v) is 5.69. The summed E-state index contributed by atoms with van der Waals surface area (Å²) in [7, 11) is 1.30. The first-order chi connectivity index (χ1) is 22.0. The summed E-state index contributed by atoms with van der Waals surface area (Å²) in [6.45, 7) is 3.99. The number of nitrogens with one attached hydrogen (secondary N) is 1. The van der Waals surface area contributed by atoms with Crippen LogP contribution in [0, 0.1) is 5.82 Å². The first-order valence-electron chi connectivity index (χ1n) is 15.1. The first kappa shape index (κ1) is 37.7. The van der Waals surface area contributed by atoms with Crippen LogP contribution >= 0.6 is 0 Å². The average Bonchev–Trinajstić information content (AvgIpc) is 3.38. The minimum absolute atomic E-state index is 0. The van der Waals surface area contributed by atoms with E-state index in [0.717, 1.165) is 5.56 Å². The number of hydrogen-bond acceptors (Lipinski definition) is 7. The largest absolute Gasteiger partial charge is 1.00 e. The number of esters is 1. The molecule has 0 unspecified atom stereocenters. The van der Waals surface area contributed by atoms with Gasteiger partial charge in [-0.15, -0.1) is 0 Å². The molecule has 4 aromatic rings. The van der Waals surface area contributed by atoms with Gasteiger partial charge >= 0.3 is 35.5 Å². The maximum absolute atomic E-state index is 14.2. The number of benzene rings is 3. The minimum Gasteiger partial charge on any atom is -0.550 e. The van der Waals surface area contributed by atoms with Crippen LogP contribution in [-0.4, -0.2) is 51.9 Å². The molecule has 1 heterocycles. The maximum atomic E-state index is 14.2. The van der Waals surface area contributed by atoms with Crippen molar-refractivity contribution in [2.24, 2.45) is 0 Å². The number of aliphatic hydroxyl groups excluding tert-OH is 2. The zero-order valence-electron chi connectivity index (χ0n) is 27.0. The van der Waals surface area contributed by atoms with Gasteiger partial charge < -0.3 is 34.7 Å². The van der Waals surface area contributed by atoms with Crippen molar-refractivity contribution in [3.63, 3.8) is 0 Å².